The molecule has 1 saturated heterocycles. The van der Waals surface area contributed by atoms with Crippen molar-refractivity contribution in [2.24, 2.45) is 5.92 Å². The second kappa shape index (κ2) is 7.60. The first-order valence-electron chi connectivity index (χ1n) is 9.98. The van der Waals surface area contributed by atoms with Gasteiger partial charge in [0.1, 0.15) is 6.61 Å². The van der Waals surface area contributed by atoms with Crippen molar-refractivity contribution in [3.63, 3.8) is 0 Å². The van der Waals surface area contributed by atoms with Crippen LogP contribution in [0.25, 0.3) is 0 Å². The van der Waals surface area contributed by atoms with Crippen LogP contribution in [0.5, 0.6) is 0 Å². The van der Waals surface area contributed by atoms with Crippen LogP contribution < -0.4 is 4.90 Å². The molecule has 6 heteroatoms. The van der Waals surface area contributed by atoms with E-state index in [1.54, 1.807) is 4.90 Å². The van der Waals surface area contributed by atoms with Gasteiger partial charge in [-0.2, -0.15) is 0 Å². The first-order chi connectivity index (χ1) is 13.2. The first kappa shape index (κ1) is 18.4. The molecule has 0 unspecified atom stereocenters. The van der Waals surface area contributed by atoms with Crippen molar-refractivity contribution in [3.8, 4) is 0 Å². The standard InChI is InChI=1S/C21H28N2O4/c1-27-13-19(25)22-11-17-20(15-9-5-6-10-16(15)22)18(12-24)23(17)21(26)14-7-3-2-4-8-14/h5-6,9-10,14,17-18,20,24H,2-4,7-8,11-13H2,1H3/t17-,18-,20+/m0/s1. The highest BCUT2D eigenvalue weighted by Gasteiger charge is 2.55. The number of methoxy groups -OCH3 is 1. The molecule has 4 rings (SSSR count). The summed E-state index contributed by atoms with van der Waals surface area (Å²) in [6.45, 7) is 0.449. The zero-order valence-corrected chi connectivity index (χ0v) is 15.8. The van der Waals surface area contributed by atoms with Gasteiger partial charge in [-0.15, -0.1) is 0 Å². The lowest BCUT2D eigenvalue weighted by Crippen LogP contribution is -2.71. The fraction of sp³-hybridized carbons (Fsp3) is 0.619. The SMILES string of the molecule is COCC(=O)N1C[C@H]2[C@@H](c3ccccc31)[C@H](CO)N2C(=O)C1CCCCC1. The van der Waals surface area contributed by atoms with E-state index in [2.05, 4.69) is 0 Å². The second-order valence-electron chi connectivity index (χ2n) is 7.92. The molecule has 3 atom stereocenters. The van der Waals surface area contributed by atoms with Crippen LogP contribution in [0.3, 0.4) is 0 Å². The Bertz CT molecular complexity index is 716. The molecule has 0 aromatic heterocycles. The summed E-state index contributed by atoms with van der Waals surface area (Å²) in [5, 5.41) is 10.0. The van der Waals surface area contributed by atoms with Gasteiger partial charge in [0.25, 0.3) is 5.91 Å². The number of benzene rings is 1. The highest BCUT2D eigenvalue weighted by atomic mass is 16.5. The van der Waals surface area contributed by atoms with Crippen LogP contribution in [0.1, 0.15) is 43.6 Å². The summed E-state index contributed by atoms with van der Waals surface area (Å²) in [6, 6.07) is 7.59. The van der Waals surface area contributed by atoms with Gasteiger partial charge in [-0.05, 0) is 24.5 Å². The molecule has 0 spiro atoms. The summed E-state index contributed by atoms with van der Waals surface area (Å²) < 4.78 is 5.05. The molecule has 1 aliphatic carbocycles. The Morgan fingerprint density at radius 2 is 1.93 bits per heavy atom. The Labute approximate surface area is 160 Å². The van der Waals surface area contributed by atoms with Gasteiger partial charge in [-0.3, -0.25) is 9.59 Å². The minimum Gasteiger partial charge on any atom is -0.394 e. The zero-order valence-electron chi connectivity index (χ0n) is 15.8. The fourth-order valence-electron chi connectivity index (χ4n) is 5.19. The molecule has 2 aliphatic heterocycles. The molecule has 2 heterocycles. The topological polar surface area (TPSA) is 70.1 Å². The number of likely N-dealkylation sites (tertiary alicyclic amines) is 1. The van der Waals surface area contributed by atoms with Gasteiger partial charge < -0.3 is 19.6 Å². The Hall–Kier alpha value is -1.92. The quantitative estimate of drug-likeness (QED) is 0.877. The molecule has 1 saturated carbocycles. The van der Waals surface area contributed by atoms with Gasteiger partial charge in [0.15, 0.2) is 0 Å². The van der Waals surface area contributed by atoms with E-state index in [0.717, 1.165) is 36.9 Å². The van der Waals surface area contributed by atoms with Gasteiger partial charge >= 0.3 is 0 Å². The molecule has 2 amide bonds. The monoisotopic (exact) mass is 372 g/mol. The second-order valence-corrected chi connectivity index (χ2v) is 7.92. The summed E-state index contributed by atoms with van der Waals surface area (Å²) in [5.74, 6) is 0.216. The smallest absolute Gasteiger partial charge is 0.253 e. The normalized spacial score (nSPS) is 27.6. The number of carbonyl (C=O) groups excluding carboxylic acids is 2. The van der Waals surface area contributed by atoms with Crippen LogP contribution in [0.2, 0.25) is 0 Å². The van der Waals surface area contributed by atoms with E-state index in [1.165, 1.54) is 13.5 Å². The molecule has 27 heavy (non-hydrogen) atoms. The number of anilines is 1. The molecular formula is C21H28N2O4. The van der Waals surface area contributed by atoms with Crippen LogP contribution in [-0.4, -0.2) is 60.8 Å². The lowest BCUT2D eigenvalue weighted by molar-refractivity contribution is -0.156. The van der Waals surface area contributed by atoms with E-state index >= 15 is 0 Å². The number of nitrogens with zero attached hydrogens (tertiary/aromatic N) is 2. The van der Waals surface area contributed by atoms with Crippen molar-refractivity contribution < 1.29 is 19.4 Å². The van der Waals surface area contributed by atoms with Crippen LogP contribution in [-0.2, 0) is 14.3 Å². The van der Waals surface area contributed by atoms with Crippen LogP contribution in [0.4, 0.5) is 5.69 Å². The van der Waals surface area contributed by atoms with Gasteiger partial charge in [0, 0.05) is 31.2 Å². The molecule has 0 bridgehead atoms. The van der Waals surface area contributed by atoms with E-state index in [0.29, 0.717) is 6.54 Å². The number of aliphatic hydroxyl groups is 1. The fourth-order valence-corrected chi connectivity index (χ4v) is 5.19. The number of carbonyl (C=O) groups is 2. The highest BCUT2D eigenvalue weighted by Crippen LogP contribution is 2.49. The van der Waals surface area contributed by atoms with Crippen molar-refractivity contribution >= 4 is 17.5 Å². The maximum absolute atomic E-state index is 13.2. The van der Waals surface area contributed by atoms with E-state index in [-0.39, 0.29) is 48.9 Å². The largest absolute Gasteiger partial charge is 0.394 e. The molecule has 2 fully saturated rings. The number of hydrogen-bond acceptors (Lipinski definition) is 4. The molecule has 0 radical (unpaired) electrons. The lowest BCUT2D eigenvalue weighted by Gasteiger charge is -2.59. The van der Waals surface area contributed by atoms with E-state index in [1.807, 2.05) is 29.2 Å². The Morgan fingerprint density at radius 3 is 2.63 bits per heavy atom. The van der Waals surface area contributed by atoms with Crippen LogP contribution in [0, 0.1) is 5.92 Å². The summed E-state index contributed by atoms with van der Waals surface area (Å²) in [6.07, 6.45) is 5.28. The third kappa shape index (κ3) is 3.05. The summed E-state index contributed by atoms with van der Waals surface area (Å²) in [7, 11) is 1.51. The van der Waals surface area contributed by atoms with E-state index < -0.39 is 0 Å². The number of para-hydroxylation sites is 1. The average molecular weight is 372 g/mol. The number of amides is 2. The van der Waals surface area contributed by atoms with Crippen molar-refractivity contribution in [2.75, 3.05) is 31.8 Å². The predicted octanol–water partition coefficient (Wildman–Crippen LogP) is 1.92. The molecule has 1 aromatic carbocycles. The average Bonchev–Trinajstić information content (AvgIpc) is 2.69. The predicted molar refractivity (Wildman–Crippen MR) is 101 cm³/mol. The minimum atomic E-state index is -0.190. The van der Waals surface area contributed by atoms with Gasteiger partial charge in [-0.1, -0.05) is 37.5 Å². The zero-order chi connectivity index (χ0) is 19.0. The number of fused-ring (bicyclic) bond motifs is 3. The van der Waals surface area contributed by atoms with Crippen molar-refractivity contribution in [2.45, 2.75) is 50.1 Å². The molecule has 3 aliphatic rings. The molecule has 6 nitrogen and oxygen atoms in total. The van der Waals surface area contributed by atoms with E-state index in [4.69, 9.17) is 4.74 Å². The maximum atomic E-state index is 13.2. The third-order valence-electron chi connectivity index (χ3n) is 6.46. The first-order valence-corrected chi connectivity index (χ1v) is 9.98. The number of aliphatic hydroxyl groups excluding tert-OH is 1. The third-order valence-corrected chi connectivity index (χ3v) is 6.46. The Kier molecular flexibility index (Phi) is 5.19. The van der Waals surface area contributed by atoms with Gasteiger partial charge in [-0.25, -0.2) is 0 Å². The maximum Gasteiger partial charge on any atom is 0.253 e. The molecule has 1 aromatic rings. The molecule has 1 N–H and O–H groups in total. The molecule has 146 valence electrons. The Balaban J connectivity index is 1.64. The minimum absolute atomic E-state index is 0.0196. The number of ether oxygens (including phenoxy) is 1. The highest BCUT2D eigenvalue weighted by molar-refractivity contribution is 5.96. The number of hydrogen-bond donors (Lipinski definition) is 1. The van der Waals surface area contributed by atoms with E-state index in [9.17, 15) is 14.7 Å². The van der Waals surface area contributed by atoms with Crippen molar-refractivity contribution in [1.82, 2.24) is 4.90 Å². The van der Waals surface area contributed by atoms with Crippen LogP contribution >= 0.6 is 0 Å². The lowest BCUT2D eigenvalue weighted by atomic mass is 9.71. The number of rotatable bonds is 4. The molecular weight excluding hydrogens is 344 g/mol. The Morgan fingerprint density at radius 1 is 1.19 bits per heavy atom. The van der Waals surface area contributed by atoms with Crippen LogP contribution in [0.15, 0.2) is 24.3 Å². The summed E-state index contributed by atoms with van der Waals surface area (Å²) >= 11 is 0. The summed E-state index contributed by atoms with van der Waals surface area (Å²) in [5.41, 5.74) is 1.92. The van der Waals surface area contributed by atoms with Crippen molar-refractivity contribution in [1.29, 1.82) is 0 Å². The summed E-state index contributed by atoms with van der Waals surface area (Å²) in [4.78, 5) is 29.4. The van der Waals surface area contributed by atoms with Crippen molar-refractivity contribution in [3.05, 3.63) is 29.8 Å². The van der Waals surface area contributed by atoms with Gasteiger partial charge in [0.2, 0.25) is 5.91 Å². The van der Waals surface area contributed by atoms with Gasteiger partial charge in [0.05, 0.1) is 18.7 Å².